The van der Waals surface area contributed by atoms with E-state index in [4.69, 9.17) is 5.73 Å². The molecule has 1 aliphatic heterocycles. The topological polar surface area (TPSA) is 29.3 Å². The fourth-order valence-electron chi connectivity index (χ4n) is 2.91. The van der Waals surface area contributed by atoms with Crippen molar-refractivity contribution >= 4 is 0 Å². The van der Waals surface area contributed by atoms with E-state index in [1.54, 1.807) is 0 Å². The van der Waals surface area contributed by atoms with Gasteiger partial charge < -0.3 is 5.73 Å². The summed E-state index contributed by atoms with van der Waals surface area (Å²) >= 11 is 0. The average Bonchev–Trinajstić information content (AvgIpc) is 2.40. The van der Waals surface area contributed by atoms with Crippen LogP contribution in [0.15, 0.2) is 18.2 Å². The molecule has 1 heterocycles. The Morgan fingerprint density at radius 3 is 2.71 bits per heavy atom. The van der Waals surface area contributed by atoms with Gasteiger partial charge in [0.2, 0.25) is 0 Å². The lowest BCUT2D eigenvalue weighted by Crippen LogP contribution is -2.35. The molecule has 0 aliphatic carbocycles. The summed E-state index contributed by atoms with van der Waals surface area (Å²) in [6.45, 7) is 2.76. The molecule has 0 amide bonds. The smallest absolute Gasteiger partial charge is 0.330 e. The average molecular weight is 304 g/mol. The van der Waals surface area contributed by atoms with Gasteiger partial charge in [-0.05, 0) is 56.0 Å². The second kappa shape index (κ2) is 6.75. The molecule has 0 bridgehead atoms. The Kier molecular flexibility index (Phi) is 5.22. The lowest BCUT2D eigenvalue weighted by Gasteiger charge is -2.32. The van der Waals surface area contributed by atoms with E-state index in [0.717, 1.165) is 44.5 Å². The SMILES string of the molecule is NCCC1CCCN(Cc2ccc(F)c(C(F)(F)F)c2)C1. The van der Waals surface area contributed by atoms with E-state index in [1.165, 1.54) is 6.07 Å². The minimum atomic E-state index is -4.65. The van der Waals surface area contributed by atoms with Crippen molar-refractivity contribution in [2.45, 2.75) is 32.0 Å². The highest BCUT2D eigenvalue weighted by atomic mass is 19.4. The van der Waals surface area contributed by atoms with Gasteiger partial charge in [0.25, 0.3) is 0 Å². The molecule has 118 valence electrons. The molecular formula is C15H20F4N2. The molecule has 2 nitrogen and oxygen atoms in total. The van der Waals surface area contributed by atoms with Crippen LogP contribution in [0.3, 0.4) is 0 Å². The van der Waals surface area contributed by atoms with Crippen molar-refractivity contribution in [3.05, 3.63) is 35.1 Å². The molecule has 21 heavy (non-hydrogen) atoms. The molecule has 2 N–H and O–H groups in total. The summed E-state index contributed by atoms with van der Waals surface area (Å²) in [5.74, 6) is -0.711. The van der Waals surface area contributed by atoms with E-state index in [1.807, 2.05) is 0 Å². The summed E-state index contributed by atoms with van der Waals surface area (Å²) in [4.78, 5) is 2.12. The summed E-state index contributed by atoms with van der Waals surface area (Å²) in [6.07, 6.45) is -1.57. The first-order valence-electron chi connectivity index (χ1n) is 7.18. The van der Waals surface area contributed by atoms with Crippen molar-refractivity contribution in [3.8, 4) is 0 Å². The van der Waals surface area contributed by atoms with Crippen molar-refractivity contribution in [1.82, 2.24) is 4.90 Å². The number of hydrogen-bond acceptors (Lipinski definition) is 2. The highest BCUT2D eigenvalue weighted by molar-refractivity contribution is 5.27. The fraction of sp³-hybridized carbons (Fsp3) is 0.600. The molecule has 1 aromatic carbocycles. The summed E-state index contributed by atoms with van der Waals surface area (Å²) in [5, 5.41) is 0. The van der Waals surface area contributed by atoms with E-state index in [0.29, 0.717) is 24.6 Å². The highest BCUT2D eigenvalue weighted by Crippen LogP contribution is 2.32. The van der Waals surface area contributed by atoms with Gasteiger partial charge in [-0.3, -0.25) is 4.90 Å². The summed E-state index contributed by atoms with van der Waals surface area (Å²) < 4.78 is 51.4. The molecule has 1 aromatic rings. The number of piperidine rings is 1. The second-order valence-electron chi connectivity index (χ2n) is 5.63. The highest BCUT2D eigenvalue weighted by Gasteiger charge is 2.34. The Morgan fingerprint density at radius 1 is 1.29 bits per heavy atom. The van der Waals surface area contributed by atoms with Crippen LogP contribution in [0, 0.1) is 11.7 Å². The molecular weight excluding hydrogens is 284 g/mol. The van der Waals surface area contributed by atoms with Gasteiger partial charge in [0.05, 0.1) is 5.56 Å². The van der Waals surface area contributed by atoms with Gasteiger partial charge in [0.15, 0.2) is 0 Å². The van der Waals surface area contributed by atoms with Gasteiger partial charge in [-0.1, -0.05) is 6.07 Å². The number of likely N-dealkylation sites (tertiary alicyclic amines) is 1. The maximum Gasteiger partial charge on any atom is 0.419 e. The minimum absolute atomic E-state index is 0.421. The molecule has 1 atom stereocenters. The maximum atomic E-state index is 13.3. The molecule has 0 spiro atoms. The third kappa shape index (κ3) is 4.41. The Bertz CT molecular complexity index is 471. The van der Waals surface area contributed by atoms with Crippen LogP contribution < -0.4 is 5.73 Å². The Morgan fingerprint density at radius 2 is 2.05 bits per heavy atom. The zero-order chi connectivity index (χ0) is 15.5. The monoisotopic (exact) mass is 304 g/mol. The lowest BCUT2D eigenvalue weighted by atomic mass is 9.94. The van der Waals surface area contributed by atoms with E-state index in [9.17, 15) is 17.6 Å². The van der Waals surface area contributed by atoms with E-state index in [2.05, 4.69) is 4.90 Å². The summed E-state index contributed by atoms with van der Waals surface area (Å²) in [5.41, 5.74) is 4.87. The Hall–Kier alpha value is -1.14. The largest absolute Gasteiger partial charge is 0.419 e. The third-order valence-electron chi connectivity index (χ3n) is 3.92. The minimum Gasteiger partial charge on any atom is -0.330 e. The molecule has 1 fully saturated rings. The van der Waals surface area contributed by atoms with Crippen LogP contribution in [0.4, 0.5) is 17.6 Å². The van der Waals surface area contributed by atoms with Gasteiger partial charge in [0, 0.05) is 13.1 Å². The Labute approximate surface area is 121 Å². The van der Waals surface area contributed by atoms with E-state index >= 15 is 0 Å². The standard InChI is InChI=1S/C15H20F4N2/c16-14-4-3-12(8-13(14)15(17,18)19)10-21-7-1-2-11(9-21)5-6-20/h3-4,8,11H,1-2,5-7,9-10,20H2. The predicted molar refractivity (Wildman–Crippen MR) is 73.1 cm³/mol. The zero-order valence-corrected chi connectivity index (χ0v) is 11.8. The molecule has 1 aliphatic rings. The third-order valence-corrected chi connectivity index (χ3v) is 3.92. The fourth-order valence-corrected chi connectivity index (χ4v) is 2.91. The maximum absolute atomic E-state index is 13.3. The van der Waals surface area contributed by atoms with Crippen LogP contribution in [0.5, 0.6) is 0 Å². The van der Waals surface area contributed by atoms with Crippen molar-refractivity contribution in [2.75, 3.05) is 19.6 Å². The van der Waals surface area contributed by atoms with Crippen LogP contribution in [-0.2, 0) is 12.7 Å². The second-order valence-corrected chi connectivity index (χ2v) is 5.63. The molecule has 1 unspecified atom stereocenters. The molecule has 0 aromatic heterocycles. The van der Waals surface area contributed by atoms with Crippen molar-refractivity contribution in [2.24, 2.45) is 11.7 Å². The van der Waals surface area contributed by atoms with E-state index in [-0.39, 0.29) is 0 Å². The van der Waals surface area contributed by atoms with Crippen LogP contribution in [-0.4, -0.2) is 24.5 Å². The van der Waals surface area contributed by atoms with Crippen LogP contribution in [0.2, 0.25) is 0 Å². The molecule has 6 heteroatoms. The van der Waals surface area contributed by atoms with E-state index < -0.39 is 17.6 Å². The van der Waals surface area contributed by atoms with Gasteiger partial charge in [-0.15, -0.1) is 0 Å². The zero-order valence-electron chi connectivity index (χ0n) is 11.8. The lowest BCUT2D eigenvalue weighted by molar-refractivity contribution is -0.140. The predicted octanol–water partition coefficient (Wildman–Crippen LogP) is 3.41. The first kappa shape index (κ1) is 16.2. The van der Waals surface area contributed by atoms with Crippen molar-refractivity contribution in [3.63, 3.8) is 0 Å². The van der Waals surface area contributed by atoms with Gasteiger partial charge in [-0.25, -0.2) is 4.39 Å². The number of benzene rings is 1. The molecule has 0 radical (unpaired) electrons. The molecule has 2 rings (SSSR count). The normalized spacial score (nSPS) is 20.7. The van der Waals surface area contributed by atoms with Crippen LogP contribution in [0.25, 0.3) is 0 Å². The van der Waals surface area contributed by atoms with Crippen molar-refractivity contribution in [1.29, 1.82) is 0 Å². The number of alkyl halides is 3. The van der Waals surface area contributed by atoms with Crippen LogP contribution >= 0.6 is 0 Å². The first-order chi connectivity index (χ1) is 9.90. The first-order valence-corrected chi connectivity index (χ1v) is 7.18. The molecule has 0 saturated carbocycles. The summed E-state index contributed by atoms with van der Waals surface area (Å²) in [6, 6.07) is 3.25. The number of hydrogen-bond donors (Lipinski definition) is 1. The van der Waals surface area contributed by atoms with Crippen LogP contribution in [0.1, 0.15) is 30.4 Å². The number of nitrogens with two attached hydrogens (primary N) is 1. The van der Waals surface area contributed by atoms with Crippen molar-refractivity contribution < 1.29 is 17.6 Å². The van der Waals surface area contributed by atoms with Gasteiger partial charge >= 0.3 is 6.18 Å². The van der Waals surface area contributed by atoms with Gasteiger partial charge in [-0.2, -0.15) is 13.2 Å². The number of halogens is 4. The van der Waals surface area contributed by atoms with Gasteiger partial charge in [0.1, 0.15) is 5.82 Å². The molecule has 1 saturated heterocycles. The quantitative estimate of drug-likeness (QED) is 0.864. The summed E-state index contributed by atoms with van der Waals surface area (Å²) in [7, 11) is 0. The number of nitrogens with zero attached hydrogens (tertiary/aromatic N) is 1. The number of rotatable bonds is 4. The Balaban J connectivity index is 2.06.